The lowest BCUT2D eigenvalue weighted by molar-refractivity contribution is -0.767. The molecule has 0 saturated carbocycles. The Morgan fingerprint density at radius 3 is 1.71 bits per heavy atom. The number of hydrogen-bond acceptors (Lipinski definition) is 13. The van der Waals surface area contributed by atoms with Crippen LogP contribution in [-0.2, 0) is 14.5 Å². The molecule has 0 aliphatic carbocycles. The first-order chi connectivity index (χ1) is 15.9. The standard InChI is InChI=1S/C16H17N5O13/c1-17(9-34-21(30)31)15(24)13-4-14(11(6-23)3-10(13)5-22)16(25)18(2)12(7-32-19(26)27)8-33-20(28)29/h3-6,12H,7-9H2,1-2H3. The molecule has 184 valence electrons. The average molecular weight is 487 g/mol. The molecule has 0 aliphatic heterocycles. The summed E-state index contributed by atoms with van der Waals surface area (Å²) in [6.45, 7) is -2.49. The zero-order valence-corrected chi connectivity index (χ0v) is 17.6. The maximum absolute atomic E-state index is 13.0. The molecule has 2 amide bonds. The maximum atomic E-state index is 13.0. The van der Waals surface area contributed by atoms with E-state index in [1.54, 1.807) is 0 Å². The Bertz CT molecular complexity index is 980. The molecule has 0 radical (unpaired) electrons. The van der Waals surface area contributed by atoms with Crippen molar-refractivity contribution >= 4 is 24.4 Å². The van der Waals surface area contributed by atoms with E-state index in [4.69, 9.17) is 0 Å². The number of carbonyl (C=O) groups is 4. The highest BCUT2D eigenvalue weighted by Gasteiger charge is 2.28. The van der Waals surface area contributed by atoms with Gasteiger partial charge in [-0.2, -0.15) is 0 Å². The van der Waals surface area contributed by atoms with Crippen molar-refractivity contribution in [1.29, 1.82) is 0 Å². The number of aldehydes is 2. The van der Waals surface area contributed by atoms with Gasteiger partial charge in [0.1, 0.15) is 13.2 Å². The van der Waals surface area contributed by atoms with Gasteiger partial charge in [-0.3, -0.25) is 24.0 Å². The molecule has 0 saturated heterocycles. The van der Waals surface area contributed by atoms with Crippen molar-refractivity contribution in [3.63, 3.8) is 0 Å². The van der Waals surface area contributed by atoms with Gasteiger partial charge >= 0.3 is 0 Å². The van der Waals surface area contributed by atoms with E-state index in [0.717, 1.165) is 31.1 Å². The van der Waals surface area contributed by atoms with Crippen LogP contribution >= 0.6 is 0 Å². The van der Waals surface area contributed by atoms with E-state index < -0.39 is 64.2 Å². The Morgan fingerprint density at radius 1 is 0.853 bits per heavy atom. The number of rotatable bonds is 14. The second-order valence-electron chi connectivity index (χ2n) is 6.36. The number of nitrogens with zero attached hydrogens (tertiary/aromatic N) is 5. The number of likely N-dealkylation sites (N-methyl/N-ethyl adjacent to an activating group) is 1. The SMILES string of the molecule is CN(CO[N+](=O)[O-])C(=O)c1cc(C(=O)N(C)C(CO[N+](=O)[O-])CO[N+](=O)[O-])c(C=O)cc1C=O. The normalized spacial score (nSPS) is 10.1. The van der Waals surface area contributed by atoms with E-state index in [9.17, 15) is 49.5 Å². The number of amides is 2. The lowest BCUT2D eigenvalue weighted by Crippen LogP contribution is -2.44. The molecule has 0 spiro atoms. The van der Waals surface area contributed by atoms with Crippen LogP contribution in [0.4, 0.5) is 0 Å². The Morgan fingerprint density at radius 2 is 1.29 bits per heavy atom. The van der Waals surface area contributed by atoms with Gasteiger partial charge in [0, 0.05) is 25.2 Å². The van der Waals surface area contributed by atoms with Crippen LogP contribution in [0.1, 0.15) is 41.4 Å². The molecule has 1 aromatic carbocycles. The van der Waals surface area contributed by atoms with E-state index in [0.29, 0.717) is 4.90 Å². The van der Waals surface area contributed by atoms with Crippen LogP contribution in [0.5, 0.6) is 0 Å². The molecular formula is C16H17N5O13. The Kier molecular flexibility index (Phi) is 9.75. The van der Waals surface area contributed by atoms with Crippen LogP contribution in [0.3, 0.4) is 0 Å². The van der Waals surface area contributed by atoms with Crippen LogP contribution in [0.2, 0.25) is 0 Å². The number of benzene rings is 1. The van der Waals surface area contributed by atoms with Crippen molar-refractivity contribution in [2.75, 3.05) is 34.0 Å². The lowest BCUT2D eigenvalue weighted by atomic mass is 9.97. The molecule has 0 bridgehead atoms. The van der Waals surface area contributed by atoms with Gasteiger partial charge in [-0.15, -0.1) is 30.3 Å². The zero-order valence-electron chi connectivity index (χ0n) is 17.6. The van der Waals surface area contributed by atoms with Gasteiger partial charge in [-0.1, -0.05) is 0 Å². The largest absolute Gasteiger partial charge is 0.335 e. The highest BCUT2D eigenvalue weighted by molar-refractivity contribution is 6.08. The monoisotopic (exact) mass is 487 g/mol. The van der Waals surface area contributed by atoms with Gasteiger partial charge in [-0.25, -0.2) is 0 Å². The third-order valence-corrected chi connectivity index (χ3v) is 4.25. The van der Waals surface area contributed by atoms with Gasteiger partial charge in [0.15, 0.2) is 19.3 Å². The molecule has 18 heteroatoms. The average Bonchev–Trinajstić information content (AvgIpc) is 2.79. The summed E-state index contributed by atoms with van der Waals surface area (Å²) in [6, 6.07) is 0.382. The van der Waals surface area contributed by atoms with Crippen LogP contribution < -0.4 is 0 Å². The summed E-state index contributed by atoms with van der Waals surface area (Å²) < 4.78 is 0. The van der Waals surface area contributed by atoms with Gasteiger partial charge in [-0.05, 0) is 12.1 Å². The topological polar surface area (TPSA) is 232 Å². The van der Waals surface area contributed by atoms with E-state index in [-0.39, 0.29) is 23.7 Å². The molecule has 1 aromatic rings. The molecule has 1 rings (SSSR count). The number of hydrogen-bond donors (Lipinski definition) is 0. The quantitative estimate of drug-likeness (QED) is 0.138. The highest BCUT2D eigenvalue weighted by Crippen LogP contribution is 2.20. The fraction of sp³-hybridized carbons (Fsp3) is 0.375. The van der Waals surface area contributed by atoms with Crippen molar-refractivity contribution < 1.29 is 49.0 Å². The minimum absolute atomic E-state index is 0.192. The summed E-state index contributed by atoms with van der Waals surface area (Å²) in [6.07, 6.45) is 0.400. The van der Waals surface area contributed by atoms with Crippen molar-refractivity contribution in [3.05, 3.63) is 64.7 Å². The van der Waals surface area contributed by atoms with Gasteiger partial charge < -0.3 is 19.5 Å². The third kappa shape index (κ3) is 7.35. The van der Waals surface area contributed by atoms with E-state index in [1.165, 1.54) is 0 Å². The van der Waals surface area contributed by atoms with E-state index >= 15 is 0 Å². The highest BCUT2D eigenvalue weighted by atomic mass is 17.0. The minimum atomic E-state index is -1.39. The van der Waals surface area contributed by atoms with Crippen LogP contribution in [0, 0.1) is 30.3 Å². The molecule has 34 heavy (non-hydrogen) atoms. The summed E-state index contributed by atoms with van der Waals surface area (Å²) >= 11 is 0. The summed E-state index contributed by atoms with van der Waals surface area (Å²) in [5, 5.41) is 27.7. The fourth-order valence-electron chi connectivity index (χ4n) is 2.52. The first-order valence-corrected chi connectivity index (χ1v) is 8.85. The van der Waals surface area contributed by atoms with Crippen LogP contribution in [-0.4, -0.2) is 89.5 Å². The molecule has 0 atom stereocenters. The van der Waals surface area contributed by atoms with Crippen molar-refractivity contribution in [1.82, 2.24) is 9.80 Å². The lowest BCUT2D eigenvalue weighted by Gasteiger charge is -2.27. The molecule has 0 heterocycles. The Labute approximate surface area is 188 Å². The van der Waals surface area contributed by atoms with E-state index in [1.807, 2.05) is 0 Å². The predicted molar refractivity (Wildman–Crippen MR) is 104 cm³/mol. The van der Waals surface area contributed by atoms with Crippen molar-refractivity contribution in [2.24, 2.45) is 0 Å². The molecule has 0 fully saturated rings. The zero-order chi connectivity index (χ0) is 26.0. The first kappa shape index (κ1) is 27.1. The van der Waals surface area contributed by atoms with Gasteiger partial charge in [0.05, 0.1) is 17.2 Å². The Balaban J connectivity index is 3.39. The van der Waals surface area contributed by atoms with Crippen molar-refractivity contribution in [3.8, 4) is 0 Å². The second kappa shape index (κ2) is 12.2. The fourth-order valence-corrected chi connectivity index (χ4v) is 2.52. The maximum Gasteiger partial charge on any atom is 0.296 e. The van der Waals surface area contributed by atoms with Crippen LogP contribution in [0.25, 0.3) is 0 Å². The molecule has 0 aromatic heterocycles. The summed E-state index contributed by atoms with van der Waals surface area (Å²) in [4.78, 5) is 93.7. The summed E-state index contributed by atoms with van der Waals surface area (Å²) in [5.41, 5.74) is -1.57. The van der Waals surface area contributed by atoms with E-state index in [2.05, 4.69) is 14.5 Å². The predicted octanol–water partition coefficient (Wildman–Crippen LogP) is -0.593. The van der Waals surface area contributed by atoms with Gasteiger partial charge in [0.2, 0.25) is 0 Å². The molecule has 0 aliphatic rings. The van der Waals surface area contributed by atoms with Gasteiger partial charge in [0.25, 0.3) is 27.1 Å². The smallest absolute Gasteiger partial charge is 0.296 e. The first-order valence-electron chi connectivity index (χ1n) is 8.85. The molecule has 0 unspecified atom stereocenters. The summed E-state index contributed by atoms with van der Waals surface area (Å²) in [5.74, 6) is -2.02. The number of carbonyl (C=O) groups excluding carboxylic acids is 4. The minimum Gasteiger partial charge on any atom is -0.335 e. The summed E-state index contributed by atoms with van der Waals surface area (Å²) in [7, 11) is 2.17. The third-order valence-electron chi connectivity index (χ3n) is 4.25. The second-order valence-corrected chi connectivity index (χ2v) is 6.36. The molecule has 18 nitrogen and oxygen atoms in total. The Hall–Kier alpha value is -4.90. The molecular weight excluding hydrogens is 470 g/mol. The molecule has 0 N–H and O–H groups in total. The van der Waals surface area contributed by atoms with Crippen LogP contribution in [0.15, 0.2) is 12.1 Å². The van der Waals surface area contributed by atoms with Crippen molar-refractivity contribution in [2.45, 2.75) is 6.04 Å².